The van der Waals surface area contributed by atoms with Crippen LogP contribution in [0.25, 0.3) is 0 Å². The second-order valence-electron chi connectivity index (χ2n) is 6.09. The number of nitrogens with zero attached hydrogens (tertiary/aromatic N) is 2. The molecule has 130 valence electrons. The van der Waals surface area contributed by atoms with Gasteiger partial charge in [-0.3, -0.25) is 5.01 Å². The van der Waals surface area contributed by atoms with E-state index < -0.39 is 0 Å². The summed E-state index contributed by atoms with van der Waals surface area (Å²) in [6.07, 6.45) is 0.498. The van der Waals surface area contributed by atoms with Crippen LogP contribution in [0.1, 0.15) is 23.6 Å². The Balaban J connectivity index is 1.80. The van der Waals surface area contributed by atoms with Crippen LogP contribution in [-0.4, -0.2) is 5.71 Å². The van der Waals surface area contributed by atoms with Crippen molar-refractivity contribution < 1.29 is 8.78 Å². The molecule has 1 aliphatic rings. The third kappa shape index (κ3) is 3.08. The molecule has 0 spiro atoms. The van der Waals surface area contributed by atoms with Crippen LogP contribution in [0.15, 0.2) is 77.9 Å². The maximum Gasteiger partial charge on any atom is 0.128 e. The Kier molecular flexibility index (Phi) is 4.43. The lowest BCUT2D eigenvalue weighted by Gasteiger charge is -2.25. The Hall–Kier alpha value is -2.72. The number of halogens is 3. The van der Waals surface area contributed by atoms with Gasteiger partial charge in [-0.25, -0.2) is 8.78 Å². The van der Waals surface area contributed by atoms with Gasteiger partial charge in [-0.2, -0.15) is 5.10 Å². The Morgan fingerprint density at radius 1 is 0.885 bits per heavy atom. The van der Waals surface area contributed by atoms with Crippen molar-refractivity contribution in [2.24, 2.45) is 5.10 Å². The molecule has 2 nitrogen and oxygen atoms in total. The van der Waals surface area contributed by atoms with Gasteiger partial charge in [-0.05, 0) is 35.9 Å². The van der Waals surface area contributed by atoms with Crippen molar-refractivity contribution in [2.75, 3.05) is 5.01 Å². The summed E-state index contributed by atoms with van der Waals surface area (Å²) in [7, 11) is 0. The fourth-order valence-corrected chi connectivity index (χ4v) is 3.40. The van der Waals surface area contributed by atoms with Crippen LogP contribution in [-0.2, 0) is 0 Å². The lowest BCUT2D eigenvalue weighted by atomic mass is 9.98. The van der Waals surface area contributed by atoms with E-state index in [1.807, 2.05) is 18.2 Å². The highest BCUT2D eigenvalue weighted by atomic mass is 35.5. The molecular weight excluding hydrogens is 354 g/mol. The number of rotatable bonds is 3. The van der Waals surface area contributed by atoms with Gasteiger partial charge in [0.2, 0.25) is 0 Å². The van der Waals surface area contributed by atoms with Crippen LogP contribution < -0.4 is 5.01 Å². The zero-order valence-electron chi connectivity index (χ0n) is 13.7. The maximum absolute atomic E-state index is 14.5. The number of benzene rings is 3. The fraction of sp³-hybridized carbons (Fsp3) is 0.0952. The predicted octanol–water partition coefficient (Wildman–Crippen LogP) is 5.97. The van der Waals surface area contributed by atoms with Gasteiger partial charge in [0.1, 0.15) is 11.6 Å². The number of hydrogen-bond acceptors (Lipinski definition) is 2. The molecule has 0 saturated carbocycles. The van der Waals surface area contributed by atoms with E-state index in [1.165, 1.54) is 18.2 Å². The van der Waals surface area contributed by atoms with E-state index in [4.69, 9.17) is 16.7 Å². The number of anilines is 1. The third-order valence-corrected chi connectivity index (χ3v) is 4.77. The first-order valence-electron chi connectivity index (χ1n) is 8.25. The summed E-state index contributed by atoms with van der Waals surface area (Å²) in [4.78, 5) is 0. The molecule has 5 heteroatoms. The average Bonchev–Trinajstić information content (AvgIpc) is 3.08. The van der Waals surface area contributed by atoms with Gasteiger partial charge in [0.15, 0.2) is 0 Å². The van der Waals surface area contributed by atoms with Gasteiger partial charge in [-0.15, -0.1) is 0 Å². The highest BCUT2D eigenvalue weighted by molar-refractivity contribution is 6.33. The van der Waals surface area contributed by atoms with Crippen LogP contribution in [0, 0.1) is 11.6 Å². The van der Waals surface area contributed by atoms with E-state index in [0.29, 0.717) is 22.7 Å². The number of para-hydroxylation sites is 1. The van der Waals surface area contributed by atoms with Crippen molar-refractivity contribution in [3.63, 3.8) is 0 Å². The van der Waals surface area contributed by atoms with Gasteiger partial charge in [0.05, 0.1) is 22.5 Å². The first kappa shape index (κ1) is 16.7. The SMILES string of the molecule is Fc1ccc(C2=NN(c3ccccc3Cl)[C@H](c3ccccc3F)C2)cc1. The highest BCUT2D eigenvalue weighted by Gasteiger charge is 2.32. The van der Waals surface area contributed by atoms with Crippen molar-refractivity contribution in [3.8, 4) is 0 Å². The lowest BCUT2D eigenvalue weighted by Crippen LogP contribution is -2.19. The van der Waals surface area contributed by atoms with Crippen LogP contribution >= 0.6 is 11.6 Å². The Bertz CT molecular complexity index is 970. The third-order valence-electron chi connectivity index (χ3n) is 4.45. The van der Waals surface area contributed by atoms with E-state index >= 15 is 0 Å². The number of hydrogen-bond donors (Lipinski definition) is 0. The van der Waals surface area contributed by atoms with Crippen LogP contribution in [0.3, 0.4) is 0 Å². The minimum Gasteiger partial charge on any atom is -0.256 e. The molecule has 1 aliphatic heterocycles. The Labute approximate surface area is 155 Å². The minimum atomic E-state index is -0.323. The summed E-state index contributed by atoms with van der Waals surface area (Å²) in [6, 6.07) is 19.8. The molecule has 1 atom stereocenters. The molecular formula is C21H15ClF2N2. The summed E-state index contributed by atoms with van der Waals surface area (Å²) >= 11 is 6.36. The largest absolute Gasteiger partial charge is 0.256 e. The summed E-state index contributed by atoms with van der Waals surface area (Å²) in [6.45, 7) is 0. The van der Waals surface area contributed by atoms with Crippen molar-refractivity contribution in [1.82, 2.24) is 0 Å². The lowest BCUT2D eigenvalue weighted by molar-refractivity contribution is 0.579. The van der Waals surface area contributed by atoms with Gasteiger partial charge >= 0.3 is 0 Å². The second kappa shape index (κ2) is 6.89. The van der Waals surface area contributed by atoms with Crippen LogP contribution in [0.2, 0.25) is 5.02 Å². The smallest absolute Gasteiger partial charge is 0.128 e. The van der Waals surface area contributed by atoms with Gasteiger partial charge in [-0.1, -0.05) is 54.1 Å². The Morgan fingerprint density at radius 3 is 2.31 bits per heavy atom. The maximum atomic E-state index is 14.5. The van der Waals surface area contributed by atoms with Gasteiger partial charge in [0.25, 0.3) is 0 Å². The summed E-state index contributed by atoms with van der Waals surface area (Å²) in [5.74, 6) is -0.592. The normalized spacial score (nSPS) is 16.7. The predicted molar refractivity (Wildman–Crippen MR) is 101 cm³/mol. The monoisotopic (exact) mass is 368 g/mol. The summed E-state index contributed by atoms with van der Waals surface area (Å²) < 4.78 is 27.7. The van der Waals surface area contributed by atoms with E-state index in [2.05, 4.69) is 0 Å². The standard InChI is InChI=1S/C21H15ClF2N2/c22-17-6-2-4-8-20(17)26-21(16-5-1-3-7-18(16)24)13-19(25-26)14-9-11-15(23)12-10-14/h1-12,21H,13H2/t21-/m0/s1. The minimum absolute atomic E-state index is 0.287. The topological polar surface area (TPSA) is 15.6 Å². The van der Waals surface area contributed by atoms with E-state index in [1.54, 1.807) is 41.4 Å². The van der Waals surface area contributed by atoms with E-state index in [9.17, 15) is 8.78 Å². The molecule has 1 heterocycles. The molecule has 0 aromatic heterocycles. The van der Waals surface area contributed by atoms with Gasteiger partial charge < -0.3 is 0 Å². The molecule has 0 aliphatic carbocycles. The molecule has 0 amide bonds. The van der Waals surface area contributed by atoms with Crippen molar-refractivity contribution in [3.05, 3.63) is 101 Å². The molecule has 0 fully saturated rings. The first-order chi connectivity index (χ1) is 12.6. The molecule has 0 unspecified atom stereocenters. The second-order valence-corrected chi connectivity index (χ2v) is 6.50. The van der Waals surface area contributed by atoms with E-state index in [-0.39, 0.29) is 17.7 Å². The Morgan fingerprint density at radius 2 is 1.58 bits per heavy atom. The van der Waals surface area contributed by atoms with Crippen LogP contribution in [0.4, 0.5) is 14.5 Å². The zero-order chi connectivity index (χ0) is 18.1. The molecule has 0 N–H and O–H groups in total. The van der Waals surface area contributed by atoms with Crippen molar-refractivity contribution in [1.29, 1.82) is 0 Å². The molecule has 0 radical (unpaired) electrons. The number of hydrazone groups is 1. The van der Waals surface area contributed by atoms with Crippen LogP contribution in [0.5, 0.6) is 0 Å². The summed E-state index contributed by atoms with van der Waals surface area (Å²) in [5, 5.41) is 6.98. The van der Waals surface area contributed by atoms with E-state index in [0.717, 1.165) is 11.3 Å². The quantitative estimate of drug-likeness (QED) is 0.555. The molecule has 3 aromatic carbocycles. The molecule has 26 heavy (non-hydrogen) atoms. The first-order valence-corrected chi connectivity index (χ1v) is 8.63. The molecule has 0 saturated heterocycles. The van der Waals surface area contributed by atoms with Crippen molar-refractivity contribution >= 4 is 23.0 Å². The highest BCUT2D eigenvalue weighted by Crippen LogP contribution is 2.40. The summed E-state index contributed by atoms with van der Waals surface area (Å²) in [5.41, 5.74) is 2.83. The van der Waals surface area contributed by atoms with Gasteiger partial charge in [0, 0.05) is 12.0 Å². The molecule has 3 aromatic rings. The zero-order valence-corrected chi connectivity index (χ0v) is 14.5. The average molecular weight is 369 g/mol. The van der Waals surface area contributed by atoms with Crippen molar-refractivity contribution in [2.45, 2.75) is 12.5 Å². The molecule has 0 bridgehead atoms. The molecule has 4 rings (SSSR count). The fourth-order valence-electron chi connectivity index (χ4n) is 3.17.